The molecule has 75 valence electrons. The van der Waals surface area contributed by atoms with Gasteiger partial charge in [0.1, 0.15) is 0 Å². The van der Waals surface area contributed by atoms with E-state index in [4.69, 9.17) is 0 Å². The van der Waals surface area contributed by atoms with Crippen LogP contribution in [0.3, 0.4) is 0 Å². The van der Waals surface area contributed by atoms with E-state index in [-0.39, 0.29) is 44.4 Å². The topological polar surface area (TPSA) is 46.2 Å². The van der Waals surface area contributed by atoms with Crippen LogP contribution in [0.1, 0.15) is 29.3 Å². The van der Waals surface area contributed by atoms with E-state index in [1.54, 1.807) is 12.1 Å². The summed E-state index contributed by atoms with van der Waals surface area (Å²) in [6, 6.07) is 6.29. The maximum atomic E-state index is 11.4. The summed E-state index contributed by atoms with van der Waals surface area (Å²) in [5, 5.41) is 2.70. The number of amides is 1. The van der Waals surface area contributed by atoms with Crippen LogP contribution in [0, 0.1) is 6.07 Å². The Hall–Kier alpha value is -0.536. The van der Waals surface area contributed by atoms with Crippen molar-refractivity contribution in [3.8, 4) is 0 Å². The van der Waals surface area contributed by atoms with Gasteiger partial charge in [0.2, 0.25) is 5.91 Å². The van der Waals surface area contributed by atoms with Crippen LogP contribution in [0.25, 0.3) is 0 Å². The quantitative estimate of drug-likeness (QED) is 0.659. The van der Waals surface area contributed by atoms with Crippen molar-refractivity contribution in [1.82, 2.24) is 0 Å². The molecular formula is C11H10NO2Y-. The van der Waals surface area contributed by atoms with Crippen LogP contribution >= 0.6 is 0 Å². The molecule has 0 spiro atoms. The molecule has 1 heterocycles. The van der Waals surface area contributed by atoms with Gasteiger partial charge in [-0.15, -0.1) is 23.8 Å². The van der Waals surface area contributed by atoms with Crippen molar-refractivity contribution in [3.63, 3.8) is 0 Å². The van der Waals surface area contributed by atoms with Gasteiger partial charge in [0.15, 0.2) is 0 Å². The third-order valence-electron chi connectivity index (χ3n) is 2.28. The van der Waals surface area contributed by atoms with E-state index in [0.717, 1.165) is 11.3 Å². The minimum Gasteiger partial charge on any atom is -0.366 e. The van der Waals surface area contributed by atoms with Gasteiger partial charge in [0.05, 0.1) is 5.78 Å². The second kappa shape index (κ2) is 4.99. The molecule has 1 aliphatic rings. The predicted octanol–water partition coefficient (Wildman–Crippen LogP) is 1.57. The molecule has 0 aromatic heterocycles. The first-order chi connectivity index (χ1) is 6.70. The Morgan fingerprint density at radius 2 is 2.33 bits per heavy atom. The number of carbonyl (C=O) groups excluding carboxylic acids is 2. The maximum absolute atomic E-state index is 11.4. The average Bonchev–Trinajstić information content (AvgIpc) is 2.55. The number of hydrogen-bond acceptors (Lipinski definition) is 2. The minimum absolute atomic E-state index is 0. The number of nitrogens with one attached hydrogen (secondary N) is 1. The fourth-order valence-corrected chi connectivity index (χ4v) is 1.52. The molecule has 1 aromatic carbocycles. The number of hydrogen-bond donors (Lipinski definition) is 1. The zero-order valence-corrected chi connectivity index (χ0v) is 11.3. The Morgan fingerprint density at radius 3 is 3.00 bits per heavy atom. The normalized spacial score (nSPS) is 12.7. The van der Waals surface area contributed by atoms with E-state index in [9.17, 15) is 9.59 Å². The first-order valence-electron chi connectivity index (χ1n) is 4.58. The Labute approximate surface area is 114 Å². The predicted molar refractivity (Wildman–Crippen MR) is 52.2 cm³/mol. The van der Waals surface area contributed by atoms with Crippen molar-refractivity contribution >= 4 is 17.4 Å². The second-order valence-corrected chi connectivity index (χ2v) is 3.29. The molecule has 0 fully saturated rings. The molecule has 1 amide bonds. The van der Waals surface area contributed by atoms with E-state index < -0.39 is 0 Å². The molecule has 15 heavy (non-hydrogen) atoms. The molecule has 1 aliphatic heterocycles. The summed E-state index contributed by atoms with van der Waals surface area (Å²) in [6.45, 7) is 1.81. The second-order valence-electron chi connectivity index (χ2n) is 3.29. The largest absolute Gasteiger partial charge is 0.366 e. The van der Waals surface area contributed by atoms with Crippen LogP contribution in [0.4, 0.5) is 5.69 Å². The number of ketones is 1. The van der Waals surface area contributed by atoms with Crippen molar-refractivity contribution in [2.75, 3.05) is 5.32 Å². The zero-order chi connectivity index (χ0) is 10.1. The summed E-state index contributed by atoms with van der Waals surface area (Å²) in [5.74, 6) is 0.0432. The van der Waals surface area contributed by atoms with Gasteiger partial charge >= 0.3 is 0 Å². The molecule has 0 bridgehead atoms. The smallest absolute Gasteiger partial charge is 0.219 e. The molecule has 2 rings (SSSR count). The average molecular weight is 277 g/mol. The van der Waals surface area contributed by atoms with Crippen molar-refractivity contribution in [3.05, 3.63) is 29.3 Å². The van der Waals surface area contributed by atoms with Crippen molar-refractivity contribution in [2.45, 2.75) is 19.8 Å². The monoisotopic (exact) mass is 277 g/mol. The molecule has 0 aliphatic carbocycles. The molecule has 0 unspecified atom stereocenters. The minimum atomic E-state index is -0.0190. The van der Waals surface area contributed by atoms with Crippen LogP contribution in [0.5, 0.6) is 0 Å². The van der Waals surface area contributed by atoms with Crippen LogP contribution < -0.4 is 5.32 Å². The molecular weight excluding hydrogens is 267 g/mol. The van der Waals surface area contributed by atoms with Crippen molar-refractivity contribution < 1.29 is 42.3 Å². The van der Waals surface area contributed by atoms with Crippen molar-refractivity contribution in [1.29, 1.82) is 0 Å². The Balaban J connectivity index is 0.00000112. The van der Waals surface area contributed by atoms with Crippen LogP contribution in [0.2, 0.25) is 0 Å². The number of carbonyl (C=O) groups is 2. The molecule has 1 aromatic rings. The summed E-state index contributed by atoms with van der Waals surface area (Å²) in [5.41, 5.74) is 2.25. The van der Waals surface area contributed by atoms with Crippen molar-refractivity contribution in [2.24, 2.45) is 0 Å². The first kappa shape index (κ1) is 12.5. The van der Waals surface area contributed by atoms with Gasteiger partial charge in [0.25, 0.3) is 0 Å². The molecule has 0 saturated heterocycles. The van der Waals surface area contributed by atoms with Crippen LogP contribution in [-0.4, -0.2) is 11.7 Å². The molecule has 4 heteroatoms. The number of anilines is 1. The first-order valence-corrected chi connectivity index (χ1v) is 4.58. The van der Waals surface area contributed by atoms with Crippen LogP contribution in [-0.2, 0) is 43.9 Å². The molecule has 0 atom stereocenters. The fraction of sp³-hybridized carbons (Fsp3) is 0.273. The zero-order valence-electron chi connectivity index (χ0n) is 8.46. The van der Waals surface area contributed by atoms with Crippen LogP contribution in [0.15, 0.2) is 12.1 Å². The van der Waals surface area contributed by atoms with E-state index in [2.05, 4.69) is 11.4 Å². The summed E-state index contributed by atoms with van der Waals surface area (Å²) in [6.07, 6.45) is 0.838. The van der Waals surface area contributed by atoms with Gasteiger partial charge in [-0.3, -0.25) is 4.79 Å². The number of rotatable bonds is 2. The SMILES string of the molecule is CCC(=O)c1[c-]cc2c(c1)CC(=O)N2.[Y]. The molecule has 1 N–H and O–H groups in total. The van der Waals surface area contributed by atoms with E-state index in [1.807, 2.05) is 6.92 Å². The van der Waals surface area contributed by atoms with Gasteiger partial charge in [-0.05, 0) is 12.1 Å². The fourth-order valence-electron chi connectivity index (χ4n) is 1.52. The van der Waals surface area contributed by atoms with E-state index in [1.165, 1.54) is 0 Å². The van der Waals surface area contributed by atoms with Gasteiger partial charge in [0, 0.05) is 39.1 Å². The van der Waals surface area contributed by atoms with Gasteiger partial charge in [-0.2, -0.15) is 0 Å². The summed E-state index contributed by atoms with van der Waals surface area (Å²) in [7, 11) is 0. The standard InChI is InChI=1S/C11H10NO2.Y/c1-2-10(13)7-3-4-9-8(5-7)6-11(14)12-9;/h4-5H,2,6H2,1H3,(H,12,14);/q-1;. The third kappa shape index (κ3) is 2.53. The number of Topliss-reactive ketones (excluding diaryl/α,β-unsaturated/α-hetero) is 1. The van der Waals surface area contributed by atoms with Gasteiger partial charge in [-0.1, -0.05) is 12.5 Å². The van der Waals surface area contributed by atoms with Gasteiger partial charge in [-0.25, -0.2) is 0 Å². The number of fused-ring (bicyclic) bond motifs is 1. The van der Waals surface area contributed by atoms with E-state index in [0.29, 0.717) is 18.4 Å². The molecule has 3 nitrogen and oxygen atoms in total. The Bertz CT molecular complexity index is 415. The third-order valence-corrected chi connectivity index (χ3v) is 2.28. The number of benzene rings is 1. The maximum Gasteiger partial charge on any atom is 0.219 e. The summed E-state index contributed by atoms with van der Waals surface area (Å²) in [4.78, 5) is 22.4. The summed E-state index contributed by atoms with van der Waals surface area (Å²) < 4.78 is 0. The summed E-state index contributed by atoms with van der Waals surface area (Å²) >= 11 is 0. The van der Waals surface area contributed by atoms with Gasteiger partial charge < -0.3 is 10.1 Å². The Kier molecular flexibility index (Phi) is 4.17. The van der Waals surface area contributed by atoms with E-state index >= 15 is 0 Å². The Morgan fingerprint density at radius 1 is 1.60 bits per heavy atom. The molecule has 1 radical (unpaired) electrons. The molecule has 0 saturated carbocycles.